The van der Waals surface area contributed by atoms with Gasteiger partial charge in [-0.2, -0.15) is 0 Å². The Labute approximate surface area is 103 Å². The van der Waals surface area contributed by atoms with Crippen LogP contribution < -0.4 is 0 Å². The molecule has 0 aromatic rings. The number of ether oxygens (including phenoxy) is 1. The van der Waals surface area contributed by atoms with Crippen LogP contribution in [0.4, 0.5) is 4.79 Å². The molecule has 98 valence electrons. The highest BCUT2D eigenvalue weighted by molar-refractivity contribution is 5.68. The second kappa shape index (κ2) is 6.00. The highest BCUT2D eigenvalue weighted by Crippen LogP contribution is 2.11. The smallest absolute Gasteiger partial charge is 0.410 e. The van der Waals surface area contributed by atoms with E-state index in [2.05, 4.69) is 16.6 Å². The van der Waals surface area contributed by atoms with E-state index < -0.39 is 5.60 Å². The molecule has 0 radical (unpaired) electrons. The molecular weight excluding hydrogens is 218 g/mol. The van der Waals surface area contributed by atoms with Gasteiger partial charge >= 0.3 is 6.09 Å². The average Bonchev–Trinajstić information content (AvgIpc) is 2.24. The molecule has 1 fully saturated rings. The number of hydrogen-bond acceptors (Lipinski definition) is 4. The lowest BCUT2D eigenvalue weighted by molar-refractivity contribution is 0.0148. The van der Waals surface area contributed by atoms with Gasteiger partial charge in [-0.3, -0.25) is 9.89 Å². The molecule has 0 N–H and O–H groups in total. The van der Waals surface area contributed by atoms with E-state index in [4.69, 9.17) is 4.74 Å². The lowest BCUT2D eigenvalue weighted by atomic mass is 10.2. The van der Waals surface area contributed by atoms with Gasteiger partial charge in [0.2, 0.25) is 0 Å². The molecule has 5 heteroatoms. The van der Waals surface area contributed by atoms with Gasteiger partial charge < -0.3 is 9.64 Å². The third-order valence-electron chi connectivity index (χ3n) is 2.60. The van der Waals surface area contributed by atoms with Crippen LogP contribution in [-0.4, -0.2) is 67.5 Å². The topological polar surface area (TPSA) is 45.1 Å². The third kappa shape index (κ3) is 5.17. The van der Waals surface area contributed by atoms with Crippen LogP contribution in [0.2, 0.25) is 0 Å². The molecular formula is C12H23N3O2. The standard InChI is InChI=1S/C12H23N3O2/c1-12(2,3)17-11(16)15-9-7-14(8-10-15)6-5-13-4/h4-10H2,1-3H3. The van der Waals surface area contributed by atoms with Gasteiger partial charge in [0.1, 0.15) is 5.60 Å². The molecule has 5 nitrogen and oxygen atoms in total. The lowest BCUT2D eigenvalue weighted by Gasteiger charge is -2.35. The third-order valence-corrected chi connectivity index (χ3v) is 2.60. The molecule has 0 aliphatic carbocycles. The van der Waals surface area contributed by atoms with Crippen molar-refractivity contribution in [1.82, 2.24) is 9.80 Å². The van der Waals surface area contributed by atoms with Gasteiger partial charge in [0.15, 0.2) is 0 Å². The largest absolute Gasteiger partial charge is 0.444 e. The van der Waals surface area contributed by atoms with Crippen molar-refractivity contribution in [2.24, 2.45) is 4.99 Å². The Morgan fingerprint density at radius 3 is 2.35 bits per heavy atom. The molecule has 0 spiro atoms. The van der Waals surface area contributed by atoms with E-state index >= 15 is 0 Å². The Hall–Kier alpha value is -1.10. The molecule has 0 aromatic carbocycles. The zero-order valence-electron chi connectivity index (χ0n) is 11.1. The summed E-state index contributed by atoms with van der Waals surface area (Å²) in [6.07, 6.45) is -0.209. The average molecular weight is 241 g/mol. The van der Waals surface area contributed by atoms with Crippen molar-refractivity contribution in [1.29, 1.82) is 0 Å². The molecule has 0 unspecified atom stereocenters. The highest BCUT2D eigenvalue weighted by Gasteiger charge is 2.25. The Kier molecular flexibility index (Phi) is 4.93. The molecule has 0 atom stereocenters. The maximum atomic E-state index is 11.8. The molecule has 0 aromatic heterocycles. The summed E-state index contributed by atoms with van der Waals surface area (Å²) in [6, 6.07) is 0. The maximum Gasteiger partial charge on any atom is 0.410 e. The first-order valence-electron chi connectivity index (χ1n) is 6.05. The molecule has 0 bridgehead atoms. The van der Waals surface area contributed by atoms with E-state index in [0.717, 1.165) is 39.3 Å². The predicted octanol–water partition coefficient (Wildman–Crippen LogP) is 1.24. The van der Waals surface area contributed by atoms with E-state index in [0.29, 0.717) is 0 Å². The Morgan fingerprint density at radius 2 is 1.88 bits per heavy atom. The first-order valence-corrected chi connectivity index (χ1v) is 6.05. The summed E-state index contributed by atoms with van der Waals surface area (Å²) >= 11 is 0. The van der Waals surface area contributed by atoms with Crippen LogP contribution in [-0.2, 0) is 4.74 Å². The Balaban J connectivity index is 2.31. The summed E-state index contributed by atoms with van der Waals surface area (Å²) in [5, 5.41) is 0. The van der Waals surface area contributed by atoms with Crippen molar-refractivity contribution in [3.8, 4) is 0 Å². The van der Waals surface area contributed by atoms with E-state index in [1.165, 1.54) is 0 Å². The van der Waals surface area contributed by atoms with Crippen LogP contribution in [0, 0.1) is 0 Å². The fraction of sp³-hybridized carbons (Fsp3) is 0.833. The van der Waals surface area contributed by atoms with E-state index in [1.54, 1.807) is 4.90 Å². The van der Waals surface area contributed by atoms with Crippen molar-refractivity contribution in [3.63, 3.8) is 0 Å². The minimum absolute atomic E-state index is 0.209. The van der Waals surface area contributed by atoms with Crippen molar-refractivity contribution in [2.45, 2.75) is 26.4 Å². The van der Waals surface area contributed by atoms with Crippen LogP contribution in [0.1, 0.15) is 20.8 Å². The molecule has 1 aliphatic rings. The minimum Gasteiger partial charge on any atom is -0.444 e. The summed E-state index contributed by atoms with van der Waals surface area (Å²) in [6.45, 7) is 14.0. The number of aliphatic imine (C=N–C) groups is 1. The van der Waals surface area contributed by atoms with Crippen LogP contribution in [0.25, 0.3) is 0 Å². The van der Waals surface area contributed by atoms with Crippen LogP contribution in [0.15, 0.2) is 4.99 Å². The molecule has 1 aliphatic heterocycles. The van der Waals surface area contributed by atoms with Gasteiger partial charge in [0, 0.05) is 32.7 Å². The van der Waals surface area contributed by atoms with Crippen molar-refractivity contribution >= 4 is 12.8 Å². The molecule has 1 rings (SSSR count). The van der Waals surface area contributed by atoms with E-state index in [1.807, 2.05) is 20.8 Å². The molecule has 0 saturated carbocycles. The number of carbonyl (C=O) groups is 1. The van der Waals surface area contributed by atoms with Gasteiger partial charge in [-0.05, 0) is 27.5 Å². The number of rotatable bonds is 3. The predicted molar refractivity (Wildman–Crippen MR) is 68.7 cm³/mol. The summed E-state index contributed by atoms with van der Waals surface area (Å²) in [7, 11) is 0. The monoisotopic (exact) mass is 241 g/mol. The number of carbonyl (C=O) groups excluding carboxylic acids is 1. The number of nitrogens with zero attached hydrogens (tertiary/aromatic N) is 3. The Morgan fingerprint density at radius 1 is 1.29 bits per heavy atom. The van der Waals surface area contributed by atoms with Gasteiger partial charge in [-0.15, -0.1) is 0 Å². The summed E-state index contributed by atoms with van der Waals surface area (Å²) in [4.78, 5) is 19.7. The number of amides is 1. The highest BCUT2D eigenvalue weighted by atomic mass is 16.6. The fourth-order valence-electron chi connectivity index (χ4n) is 1.69. The summed E-state index contributed by atoms with van der Waals surface area (Å²) < 4.78 is 5.33. The van der Waals surface area contributed by atoms with Gasteiger partial charge in [-0.25, -0.2) is 4.79 Å². The molecule has 1 saturated heterocycles. The van der Waals surface area contributed by atoms with Crippen molar-refractivity contribution in [2.75, 3.05) is 39.3 Å². The van der Waals surface area contributed by atoms with E-state index in [9.17, 15) is 4.79 Å². The molecule has 17 heavy (non-hydrogen) atoms. The SMILES string of the molecule is C=NCCN1CCN(C(=O)OC(C)(C)C)CC1. The van der Waals surface area contributed by atoms with Gasteiger partial charge in [0.25, 0.3) is 0 Å². The maximum absolute atomic E-state index is 11.8. The van der Waals surface area contributed by atoms with Crippen molar-refractivity contribution in [3.05, 3.63) is 0 Å². The van der Waals surface area contributed by atoms with Crippen LogP contribution in [0.5, 0.6) is 0 Å². The molecule has 1 amide bonds. The van der Waals surface area contributed by atoms with Crippen molar-refractivity contribution < 1.29 is 9.53 Å². The number of piperazine rings is 1. The van der Waals surface area contributed by atoms with Crippen LogP contribution in [0.3, 0.4) is 0 Å². The van der Waals surface area contributed by atoms with E-state index in [-0.39, 0.29) is 6.09 Å². The minimum atomic E-state index is -0.416. The number of hydrogen-bond donors (Lipinski definition) is 0. The fourth-order valence-corrected chi connectivity index (χ4v) is 1.69. The lowest BCUT2D eigenvalue weighted by Crippen LogP contribution is -2.50. The first kappa shape index (κ1) is 14.0. The second-order valence-electron chi connectivity index (χ2n) is 5.26. The zero-order chi connectivity index (χ0) is 12.9. The second-order valence-corrected chi connectivity index (χ2v) is 5.26. The normalized spacial score (nSPS) is 17.9. The molecule has 1 heterocycles. The van der Waals surface area contributed by atoms with Crippen LogP contribution >= 0.6 is 0 Å². The van der Waals surface area contributed by atoms with Gasteiger partial charge in [-0.1, -0.05) is 0 Å². The Bertz CT molecular complexity index is 265. The zero-order valence-corrected chi connectivity index (χ0v) is 11.1. The first-order chi connectivity index (χ1) is 7.92. The summed E-state index contributed by atoms with van der Waals surface area (Å²) in [5.41, 5.74) is -0.416. The summed E-state index contributed by atoms with van der Waals surface area (Å²) in [5.74, 6) is 0. The van der Waals surface area contributed by atoms with Gasteiger partial charge in [0.05, 0.1) is 6.54 Å². The quantitative estimate of drug-likeness (QED) is 0.698.